The predicted molar refractivity (Wildman–Crippen MR) is 64.0 cm³/mol. The number of ether oxygens (including phenoxy) is 1. The smallest absolute Gasteiger partial charge is 0.222 e. The highest BCUT2D eigenvalue weighted by Gasteiger charge is 2.32. The molecule has 1 saturated heterocycles. The maximum atomic E-state index is 11.8. The zero-order valence-corrected chi connectivity index (χ0v) is 10.8. The summed E-state index contributed by atoms with van der Waals surface area (Å²) < 4.78 is 5.29. The van der Waals surface area contributed by atoms with E-state index < -0.39 is 0 Å². The fourth-order valence-electron chi connectivity index (χ4n) is 1.66. The lowest BCUT2D eigenvalue weighted by Gasteiger charge is -2.29. The lowest BCUT2D eigenvalue weighted by Crippen LogP contribution is -2.49. The molecule has 0 spiro atoms. The summed E-state index contributed by atoms with van der Waals surface area (Å²) in [6, 6.07) is -0.113. The van der Waals surface area contributed by atoms with E-state index in [1.54, 1.807) is 0 Å². The summed E-state index contributed by atoms with van der Waals surface area (Å²) in [5, 5.41) is 3.01. The minimum absolute atomic E-state index is 0.0235. The molecule has 1 aliphatic rings. The SMILES string of the molecule is CC1(NC(=O)CC(N)C(C)(C)C)CCOC1. The zero-order valence-electron chi connectivity index (χ0n) is 10.8. The maximum absolute atomic E-state index is 11.8. The first kappa shape index (κ1) is 13.5. The van der Waals surface area contributed by atoms with Crippen LogP contribution in [0.15, 0.2) is 0 Å². The van der Waals surface area contributed by atoms with E-state index >= 15 is 0 Å². The average molecular weight is 228 g/mol. The van der Waals surface area contributed by atoms with Crippen LogP contribution in [-0.4, -0.2) is 30.7 Å². The fraction of sp³-hybridized carbons (Fsp3) is 0.917. The molecule has 16 heavy (non-hydrogen) atoms. The monoisotopic (exact) mass is 228 g/mol. The van der Waals surface area contributed by atoms with E-state index in [4.69, 9.17) is 10.5 Å². The highest BCUT2D eigenvalue weighted by Crippen LogP contribution is 2.21. The van der Waals surface area contributed by atoms with Gasteiger partial charge in [0.2, 0.25) is 5.91 Å². The van der Waals surface area contributed by atoms with Crippen LogP contribution in [0.2, 0.25) is 0 Å². The number of nitrogens with one attached hydrogen (secondary N) is 1. The molecular weight excluding hydrogens is 204 g/mol. The molecule has 2 unspecified atom stereocenters. The van der Waals surface area contributed by atoms with Crippen LogP contribution >= 0.6 is 0 Å². The van der Waals surface area contributed by atoms with Gasteiger partial charge < -0.3 is 15.8 Å². The van der Waals surface area contributed by atoms with Crippen molar-refractivity contribution in [3.05, 3.63) is 0 Å². The first-order valence-electron chi connectivity index (χ1n) is 5.87. The van der Waals surface area contributed by atoms with Gasteiger partial charge in [-0.1, -0.05) is 20.8 Å². The summed E-state index contributed by atoms with van der Waals surface area (Å²) in [4.78, 5) is 11.8. The van der Waals surface area contributed by atoms with Gasteiger partial charge in [-0.15, -0.1) is 0 Å². The Labute approximate surface area is 97.9 Å². The van der Waals surface area contributed by atoms with Crippen molar-refractivity contribution in [2.24, 2.45) is 11.1 Å². The van der Waals surface area contributed by atoms with E-state index in [0.29, 0.717) is 13.0 Å². The quantitative estimate of drug-likeness (QED) is 0.758. The summed E-state index contributed by atoms with van der Waals surface area (Å²) >= 11 is 0. The molecule has 0 saturated carbocycles. The van der Waals surface area contributed by atoms with Crippen molar-refractivity contribution < 1.29 is 9.53 Å². The predicted octanol–water partition coefficient (Wildman–Crippen LogP) is 1.05. The molecule has 4 nitrogen and oxygen atoms in total. The number of carbonyl (C=O) groups is 1. The molecule has 0 aromatic rings. The van der Waals surface area contributed by atoms with Crippen LogP contribution in [0, 0.1) is 5.41 Å². The second-order valence-electron chi connectivity index (χ2n) is 6.09. The third-order valence-corrected chi connectivity index (χ3v) is 3.18. The Morgan fingerprint density at radius 2 is 2.19 bits per heavy atom. The Morgan fingerprint density at radius 3 is 2.62 bits per heavy atom. The number of hydrogen-bond acceptors (Lipinski definition) is 3. The van der Waals surface area contributed by atoms with Gasteiger partial charge in [-0.2, -0.15) is 0 Å². The van der Waals surface area contributed by atoms with Crippen molar-refractivity contribution in [3.63, 3.8) is 0 Å². The molecule has 2 atom stereocenters. The Kier molecular flexibility index (Phi) is 3.97. The highest BCUT2D eigenvalue weighted by molar-refractivity contribution is 5.77. The first-order valence-corrected chi connectivity index (χ1v) is 5.87. The van der Waals surface area contributed by atoms with Gasteiger partial charge >= 0.3 is 0 Å². The van der Waals surface area contributed by atoms with E-state index in [0.717, 1.165) is 13.0 Å². The van der Waals surface area contributed by atoms with E-state index in [2.05, 4.69) is 5.32 Å². The molecule has 1 rings (SSSR count). The Bertz CT molecular complexity index is 252. The summed E-state index contributed by atoms with van der Waals surface area (Å²) in [6.07, 6.45) is 1.25. The average Bonchev–Trinajstić information content (AvgIpc) is 2.49. The first-order chi connectivity index (χ1) is 7.23. The van der Waals surface area contributed by atoms with Crippen molar-refractivity contribution >= 4 is 5.91 Å². The lowest BCUT2D eigenvalue weighted by molar-refractivity contribution is -0.123. The van der Waals surface area contributed by atoms with Crippen LogP contribution in [0.5, 0.6) is 0 Å². The number of rotatable bonds is 3. The molecular formula is C12H24N2O2. The van der Waals surface area contributed by atoms with Gasteiger partial charge in [0.1, 0.15) is 0 Å². The van der Waals surface area contributed by atoms with Crippen molar-refractivity contribution in [1.29, 1.82) is 0 Å². The van der Waals surface area contributed by atoms with Gasteiger partial charge in [0.25, 0.3) is 0 Å². The summed E-state index contributed by atoms with van der Waals surface area (Å²) in [7, 11) is 0. The van der Waals surface area contributed by atoms with Gasteiger partial charge in [-0.05, 0) is 18.8 Å². The van der Waals surface area contributed by atoms with Crippen molar-refractivity contribution in [2.45, 2.75) is 52.1 Å². The minimum atomic E-state index is -0.200. The van der Waals surface area contributed by atoms with Crippen LogP contribution in [0.25, 0.3) is 0 Å². The van der Waals surface area contributed by atoms with Crippen LogP contribution in [0.3, 0.4) is 0 Å². The molecule has 1 fully saturated rings. The van der Waals surface area contributed by atoms with Gasteiger partial charge in [-0.25, -0.2) is 0 Å². The third-order valence-electron chi connectivity index (χ3n) is 3.18. The summed E-state index contributed by atoms with van der Waals surface area (Å²) in [5.74, 6) is 0.0235. The van der Waals surface area contributed by atoms with E-state index in [1.807, 2.05) is 27.7 Å². The van der Waals surface area contributed by atoms with Crippen LogP contribution in [0.4, 0.5) is 0 Å². The topological polar surface area (TPSA) is 64.4 Å². The van der Waals surface area contributed by atoms with Crippen LogP contribution in [-0.2, 0) is 9.53 Å². The summed E-state index contributed by atoms with van der Waals surface area (Å²) in [6.45, 7) is 9.48. The van der Waals surface area contributed by atoms with Crippen LogP contribution < -0.4 is 11.1 Å². The minimum Gasteiger partial charge on any atom is -0.379 e. The number of hydrogen-bond donors (Lipinski definition) is 2. The molecule has 1 heterocycles. The molecule has 1 amide bonds. The maximum Gasteiger partial charge on any atom is 0.222 e. The largest absolute Gasteiger partial charge is 0.379 e. The van der Waals surface area contributed by atoms with Gasteiger partial charge in [-0.3, -0.25) is 4.79 Å². The Morgan fingerprint density at radius 1 is 1.56 bits per heavy atom. The molecule has 0 radical (unpaired) electrons. The molecule has 0 aromatic carbocycles. The standard InChI is InChI=1S/C12H24N2O2/c1-11(2,3)9(13)7-10(15)14-12(4)5-6-16-8-12/h9H,5-8,13H2,1-4H3,(H,14,15). The number of carbonyl (C=O) groups excluding carboxylic acids is 1. The summed E-state index contributed by atoms with van der Waals surface area (Å²) in [5.41, 5.74) is 5.74. The van der Waals surface area contributed by atoms with Gasteiger partial charge in [0, 0.05) is 19.1 Å². The molecule has 0 bridgehead atoms. The highest BCUT2D eigenvalue weighted by atomic mass is 16.5. The van der Waals surface area contributed by atoms with Crippen molar-refractivity contribution in [2.75, 3.05) is 13.2 Å². The van der Waals surface area contributed by atoms with Crippen molar-refractivity contribution in [3.8, 4) is 0 Å². The lowest BCUT2D eigenvalue weighted by atomic mass is 9.85. The number of nitrogens with two attached hydrogens (primary N) is 1. The molecule has 0 aromatic heterocycles. The van der Waals surface area contributed by atoms with E-state index in [-0.39, 0.29) is 22.9 Å². The Balaban J connectivity index is 2.41. The molecule has 3 N–H and O–H groups in total. The molecule has 0 aliphatic carbocycles. The Hall–Kier alpha value is -0.610. The molecule has 94 valence electrons. The third kappa shape index (κ3) is 3.76. The van der Waals surface area contributed by atoms with Gasteiger partial charge in [0.15, 0.2) is 0 Å². The molecule has 4 heteroatoms. The number of amides is 1. The van der Waals surface area contributed by atoms with Crippen molar-refractivity contribution in [1.82, 2.24) is 5.32 Å². The second-order valence-corrected chi connectivity index (χ2v) is 6.09. The normalized spacial score (nSPS) is 27.8. The molecule has 1 aliphatic heterocycles. The van der Waals surface area contributed by atoms with Crippen LogP contribution in [0.1, 0.15) is 40.5 Å². The van der Waals surface area contributed by atoms with E-state index in [1.165, 1.54) is 0 Å². The van der Waals surface area contributed by atoms with E-state index in [9.17, 15) is 4.79 Å². The fourth-order valence-corrected chi connectivity index (χ4v) is 1.66. The second kappa shape index (κ2) is 4.72. The van der Waals surface area contributed by atoms with Gasteiger partial charge in [0.05, 0.1) is 12.1 Å². The zero-order chi connectivity index (χ0) is 12.4.